The summed E-state index contributed by atoms with van der Waals surface area (Å²) in [5, 5.41) is 0. The Hall–Kier alpha value is -2.69. The molecule has 1 amide bonds. The van der Waals surface area contributed by atoms with Crippen LogP contribution in [0.2, 0.25) is 0 Å². The van der Waals surface area contributed by atoms with Crippen molar-refractivity contribution in [1.29, 1.82) is 0 Å². The van der Waals surface area contributed by atoms with Gasteiger partial charge in [0.1, 0.15) is 11.5 Å². The maximum atomic E-state index is 12.9. The number of aryl methyl sites for hydroxylation is 1. The summed E-state index contributed by atoms with van der Waals surface area (Å²) in [6.45, 7) is 0.781. The molecule has 1 aliphatic rings. The van der Waals surface area contributed by atoms with E-state index in [1.165, 1.54) is 0 Å². The molecule has 1 unspecified atom stereocenters. The summed E-state index contributed by atoms with van der Waals surface area (Å²) in [5.41, 5.74) is 8.80. The lowest BCUT2D eigenvalue weighted by Crippen LogP contribution is -2.31. The summed E-state index contributed by atoms with van der Waals surface area (Å²) in [4.78, 5) is 14.8. The van der Waals surface area contributed by atoms with Crippen molar-refractivity contribution < 1.29 is 14.3 Å². The summed E-state index contributed by atoms with van der Waals surface area (Å²) in [5.74, 6) is 1.68. The van der Waals surface area contributed by atoms with Gasteiger partial charge in [-0.1, -0.05) is 18.2 Å². The second-order valence-electron chi connectivity index (χ2n) is 6.55. The van der Waals surface area contributed by atoms with E-state index in [1.54, 1.807) is 14.2 Å². The lowest BCUT2D eigenvalue weighted by molar-refractivity contribution is -0.132. The number of likely N-dealkylation sites (tertiary alicyclic amines) is 1. The van der Waals surface area contributed by atoms with Crippen LogP contribution in [0.4, 0.5) is 5.69 Å². The van der Waals surface area contributed by atoms with E-state index in [-0.39, 0.29) is 11.9 Å². The minimum Gasteiger partial charge on any atom is -0.497 e. The Morgan fingerprint density at radius 1 is 1.19 bits per heavy atom. The van der Waals surface area contributed by atoms with Crippen molar-refractivity contribution >= 4 is 11.6 Å². The first-order chi connectivity index (χ1) is 12.6. The van der Waals surface area contributed by atoms with Crippen LogP contribution in [0.3, 0.4) is 0 Å². The molecule has 0 aromatic heterocycles. The average Bonchev–Trinajstić information content (AvgIpc) is 3.16. The number of benzene rings is 2. The van der Waals surface area contributed by atoms with Crippen molar-refractivity contribution in [3.8, 4) is 11.5 Å². The minimum absolute atomic E-state index is 0.0523. The van der Waals surface area contributed by atoms with Gasteiger partial charge in [0.15, 0.2) is 0 Å². The number of amides is 1. The first-order valence-corrected chi connectivity index (χ1v) is 8.98. The summed E-state index contributed by atoms with van der Waals surface area (Å²) in [7, 11) is 3.28. The zero-order valence-electron chi connectivity index (χ0n) is 15.4. The van der Waals surface area contributed by atoms with Crippen LogP contribution in [0.15, 0.2) is 42.5 Å². The minimum atomic E-state index is 0.0523. The lowest BCUT2D eigenvalue weighted by atomic mass is 10.0. The van der Waals surface area contributed by atoms with Crippen molar-refractivity contribution in [3.63, 3.8) is 0 Å². The zero-order chi connectivity index (χ0) is 18.5. The normalized spacial score (nSPS) is 16.5. The quantitative estimate of drug-likeness (QED) is 0.805. The van der Waals surface area contributed by atoms with Crippen LogP contribution in [-0.4, -0.2) is 31.6 Å². The molecule has 26 heavy (non-hydrogen) atoms. The van der Waals surface area contributed by atoms with Gasteiger partial charge >= 0.3 is 0 Å². The van der Waals surface area contributed by atoms with Crippen molar-refractivity contribution in [2.45, 2.75) is 31.7 Å². The largest absolute Gasteiger partial charge is 0.497 e. The monoisotopic (exact) mass is 354 g/mol. The number of methoxy groups -OCH3 is 2. The highest BCUT2D eigenvalue weighted by atomic mass is 16.5. The van der Waals surface area contributed by atoms with Gasteiger partial charge in [0.05, 0.1) is 20.3 Å². The van der Waals surface area contributed by atoms with Gasteiger partial charge in [0.25, 0.3) is 0 Å². The molecule has 0 spiro atoms. The maximum absolute atomic E-state index is 12.9. The Morgan fingerprint density at radius 2 is 2.00 bits per heavy atom. The third-order valence-electron chi connectivity index (χ3n) is 5.04. The molecule has 0 aliphatic carbocycles. The molecule has 138 valence electrons. The fourth-order valence-corrected chi connectivity index (χ4v) is 3.63. The van der Waals surface area contributed by atoms with E-state index in [0.29, 0.717) is 12.8 Å². The molecule has 2 N–H and O–H groups in total. The smallest absolute Gasteiger partial charge is 0.223 e. The maximum Gasteiger partial charge on any atom is 0.223 e. The number of rotatable bonds is 6. The van der Waals surface area contributed by atoms with Crippen LogP contribution < -0.4 is 15.2 Å². The number of anilines is 1. The topological polar surface area (TPSA) is 64.8 Å². The predicted octanol–water partition coefficient (Wildman–Crippen LogP) is 3.58. The molecule has 1 heterocycles. The van der Waals surface area contributed by atoms with Gasteiger partial charge in [-0.25, -0.2) is 0 Å². The predicted molar refractivity (Wildman–Crippen MR) is 102 cm³/mol. The molecule has 5 nitrogen and oxygen atoms in total. The Labute approximate surface area is 154 Å². The standard InChI is InChI=1S/C21H26N2O3/c1-25-16-10-11-17(20(14-16)26-2)19-8-5-13-23(19)21(24)12-9-15-6-3-4-7-18(15)22/h3-4,6-7,10-11,14,19H,5,8-9,12-13,22H2,1-2H3. The van der Waals surface area contributed by atoms with Gasteiger partial charge in [-0.15, -0.1) is 0 Å². The van der Waals surface area contributed by atoms with Crippen LogP contribution in [0.1, 0.15) is 36.4 Å². The first-order valence-electron chi connectivity index (χ1n) is 8.98. The molecule has 0 bridgehead atoms. The Kier molecular flexibility index (Phi) is 5.66. The molecular formula is C21H26N2O3. The second kappa shape index (κ2) is 8.13. The fourth-order valence-electron chi connectivity index (χ4n) is 3.63. The van der Waals surface area contributed by atoms with E-state index in [4.69, 9.17) is 15.2 Å². The second-order valence-corrected chi connectivity index (χ2v) is 6.55. The number of carbonyl (C=O) groups excluding carboxylic acids is 1. The number of carbonyl (C=O) groups is 1. The highest BCUT2D eigenvalue weighted by Gasteiger charge is 2.31. The molecular weight excluding hydrogens is 328 g/mol. The summed E-state index contributed by atoms with van der Waals surface area (Å²) >= 11 is 0. The van der Waals surface area contributed by atoms with Crippen molar-refractivity contribution in [3.05, 3.63) is 53.6 Å². The molecule has 2 aromatic carbocycles. The Balaban J connectivity index is 1.73. The zero-order valence-corrected chi connectivity index (χ0v) is 15.4. The SMILES string of the molecule is COc1ccc(C2CCCN2C(=O)CCc2ccccc2N)c(OC)c1. The molecule has 5 heteroatoms. The molecule has 2 aromatic rings. The number of hydrogen-bond donors (Lipinski definition) is 1. The number of nitrogens with zero attached hydrogens (tertiary/aromatic N) is 1. The van der Waals surface area contributed by atoms with Gasteiger partial charge in [-0.05, 0) is 43.0 Å². The number of ether oxygens (including phenoxy) is 2. The van der Waals surface area contributed by atoms with Crippen LogP contribution in [0.5, 0.6) is 11.5 Å². The third-order valence-corrected chi connectivity index (χ3v) is 5.04. The number of nitrogen functional groups attached to an aromatic ring is 1. The molecule has 1 atom stereocenters. The van der Waals surface area contributed by atoms with Crippen molar-refractivity contribution in [1.82, 2.24) is 4.90 Å². The summed E-state index contributed by atoms with van der Waals surface area (Å²) in [6.07, 6.45) is 3.07. The molecule has 3 rings (SSSR count). The van der Waals surface area contributed by atoms with Crippen LogP contribution in [-0.2, 0) is 11.2 Å². The molecule has 0 saturated carbocycles. The molecule has 1 aliphatic heterocycles. The summed E-state index contributed by atoms with van der Waals surface area (Å²) in [6, 6.07) is 13.6. The van der Waals surface area contributed by atoms with Crippen LogP contribution >= 0.6 is 0 Å². The van der Waals surface area contributed by atoms with Crippen molar-refractivity contribution in [2.75, 3.05) is 26.5 Å². The highest BCUT2D eigenvalue weighted by Crippen LogP contribution is 2.39. The van der Waals surface area contributed by atoms with E-state index in [0.717, 1.165) is 47.7 Å². The van der Waals surface area contributed by atoms with Gasteiger partial charge in [0.2, 0.25) is 5.91 Å². The molecule has 1 saturated heterocycles. The summed E-state index contributed by atoms with van der Waals surface area (Å²) < 4.78 is 10.8. The number of hydrogen-bond acceptors (Lipinski definition) is 4. The van der Waals surface area contributed by atoms with Gasteiger partial charge in [-0.2, -0.15) is 0 Å². The highest BCUT2D eigenvalue weighted by molar-refractivity contribution is 5.77. The fraction of sp³-hybridized carbons (Fsp3) is 0.381. The van der Waals surface area contributed by atoms with Crippen molar-refractivity contribution in [2.24, 2.45) is 0 Å². The number of para-hydroxylation sites is 1. The first kappa shape index (κ1) is 18.1. The van der Waals surface area contributed by atoms with E-state index in [9.17, 15) is 4.79 Å². The van der Waals surface area contributed by atoms with Crippen LogP contribution in [0.25, 0.3) is 0 Å². The van der Waals surface area contributed by atoms with Gasteiger partial charge in [0, 0.05) is 30.3 Å². The Morgan fingerprint density at radius 3 is 2.73 bits per heavy atom. The Bertz CT molecular complexity index is 776. The van der Waals surface area contributed by atoms with E-state index < -0.39 is 0 Å². The van der Waals surface area contributed by atoms with Gasteiger partial charge < -0.3 is 20.1 Å². The van der Waals surface area contributed by atoms with Gasteiger partial charge in [-0.3, -0.25) is 4.79 Å². The van der Waals surface area contributed by atoms with E-state index in [2.05, 4.69) is 0 Å². The van der Waals surface area contributed by atoms with E-state index >= 15 is 0 Å². The van der Waals surface area contributed by atoms with Crippen LogP contribution in [0, 0.1) is 0 Å². The number of nitrogens with two attached hydrogens (primary N) is 1. The third kappa shape index (κ3) is 3.77. The lowest BCUT2D eigenvalue weighted by Gasteiger charge is -2.26. The molecule has 1 fully saturated rings. The van der Waals surface area contributed by atoms with E-state index in [1.807, 2.05) is 47.4 Å². The average molecular weight is 354 g/mol. The molecule has 0 radical (unpaired) electrons.